The van der Waals surface area contributed by atoms with Crippen molar-refractivity contribution in [3.63, 3.8) is 0 Å². The van der Waals surface area contributed by atoms with Gasteiger partial charge in [0.15, 0.2) is 0 Å². The molecule has 0 atom stereocenters. The van der Waals surface area contributed by atoms with Gasteiger partial charge in [-0.05, 0) is 40.8 Å². The van der Waals surface area contributed by atoms with Crippen molar-refractivity contribution in [3.05, 3.63) is 60.4 Å². The molecular formula is C13H9FN6O. The number of benzene rings is 1. The van der Waals surface area contributed by atoms with Crippen LogP contribution in [-0.4, -0.2) is 31.1 Å². The summed E-state index contributed by atoms with van der Waals surface area (Å²) in [5.74, 6) is -1.19. The van der Waals surface area contributed by atoms with Gasteiger partial charge in [-0.15, -0.1) is 5.10 Å². The van der Waals surface area contributed by atoms with Crippen LogP contribution in [0.1, 0.15) is 10.4 Å². The maximum Gasteiger partial charge on any atom is 0.258 e. The fourth-order valence-electron chi connectivity index (χ4n) is 1.74. The Hall–Kier alpha value is -3.16. The first-order valence-corrected chi connectivity index (χ1v) is 5.98. The standard InChI is InChI=1S/C13H9FN6O/c14-12-2-1-10(20-8-16-18-19-20)7-11(12)13(21)17-9-3-5-15-6-4-9/h1-8H,(H,15,17,21). The van der Waals surface area contributed by atoms with Crippen LogP contribution in [0.4, 0.5) is 10.1 Å². The van der Waals surface area contributed by atoms with Crippen molar-refractivity contribution in [2.75, 3.05) is 5.32 Å². The summed E-state index contributed by atoms with van der Waals surface area (Å²) in [6.45, 7) is 0. The molecule has 0 saturated carbocycles. The molecule has 8 heteroatoms. The lowest BCUT2D eigenvalue weighted by molar-refractivity contribution is 0.102. The summed E-state index contributed by atoms with van der Waals surface area (Å²) >= 11 is 0. The summed E-state index contributed by atoms with van der Waals surface area (Å²) in [5.41, 5.74) is 0.920. The Balaban J connectivity index is 1.91. The Labute approximate surface area is 118 Å². The molecule has 3 aromatic rings. The number of hydrogen-bond donors (Lipinski definition) is 1. The number of halogens is 1. The van der Waals surface area contributed by atoms with Gasteiger partial charge in [0, 0.05) is 18.1 Å². The van der Waals surface area contributed by atoms with Crippen LogP contribution in [0.2, 0.25) is 0 Å². The summed E-state index contributed by atoms with van der Waals surface area (Å²) in [6, 6.07) is 7.28. The molecule has 0 saturated heterocycles. The summed E-state index contributed by atoms with van der Waals surface area (Å²) in [6.07, 6.45) is 4.42. The molecule has 2 heterocycles. The number of aromatic nitrogens is 5. The number of carbonyl (C=O) groups excluding carboxylic acids is 1. The van der Waals surface area contributed by atoms with Gasteiger partial charge in [0.2, 0.25) is 0 Å². The molecule has 7 nitrogen and oxygen atoms in total. The highest BCUT2D eigenvalue weighted by molar-refractivity contribution is 6.04. The third-order valence-corrected chi connectivity index (χ3v) is 2.75. The molecule has 1 N–H and O–H groups in total. The zero-order valence-corrected chi connectivity index (χ0v) is 10.6. The van der Waals surface area contributed by atoms with Gasteiger partial charge < -0.3 is 5.32 Å². The van der Waals surface area contributed by atoms with Crippen molar-refractivity contribution in [1.82, 2.24) is 25.2 Å². The van der Waals surface area contributed by atoms with Crippen LogP contribution in [-0.2, 0) is 0 Å². The van der Waals surface area contributed by atoms with Gasteiger partial charge in [0.25, 0.3) is 5.91 Å². The minimum Gasteiger partial charge on any atom is -0.322 e. The molecular weight excluding hydrogens is 275 g/mol. The topological polar surface area (TPSA) is 85.6 Å². The first kappa shape index (κ1) is 12.9. The zero-order chi connectivity index (χ0) is 14.7. The van der Waals surface area contributed by atoms with E-state index in [-0.39, 0.29) is 5.56 Å². The van der Waals surface area contributed by atoms with E-state index in [2.05, 4.69) is 25.8 Å². The number of tetrazole rings is 1. The molecule has 0 aliphatic rings. The highest BCUT2D eigenvalue weighted by Gasteiger charge is 2.14. The molecule has 3 rings (SSSR count). The third-order valence-electron chi connectivity index (χ3n) is 2.75. The number of nitrogens with zero attached hydrogens (tertiary/aromatic N) is 5. The second-order valence-electron chi connectivity index (χ2n) is 4.11. The predicted octanol–water partition coefficient (Wildman–Crippen LogP) is 1.45. The van der Waals surface area contributed by atoms with Gasteiger partial charge in [-0.3, -0.25) is 9.78 Å². The van der Waals surface area contributed by atoms with E-state index >= 15 is 0 Å². The third kappa shape index (κ3) is 2.73. The Bertz CT molecular complexity index is 760. The van der Waals surface area contributed by atoms with E-state index in [0.717, 1.165) is 0 Å². The van der Waals surface area contributed by atoms with Crippen LogP contribution in [0.15, 0.2) is 49.1 Å². The second kappa shape index (κ2) is 5.45. The predicted molar refractivity (Wildman–Crippen MR) is 71.3 cm³/mol. The zero-order valence-electron chi connectivity index (χ0n) is 10.6. The van der Waals surface area contributed by atoms with Crippen molar-refractivity contribution < 1.29 is 9.18 Å². The Kier molecular flexibility index (Phi) is 3.34. The van der Waals surface area contributed by atoms with Crippen LogP contribution in [0.3, 0.4) is 0 Å². The highest BCUT2D eigenvalue weighted by atomic mass is 19.1. The largest absolute Gasteiger partial charge is 0.322 e. The van der Waals surface area contributed by atoms with Crippen molar-refractivity contribution >= 4 is 11.6 Å². The average molecular weight is 284 g/mol. The number of hydrogen-bond acceptors (Lipinski definition) is 5. The number of amides is 1. The van der Waals surface area contributed by atoms with Gasteiger partial charge in [-0.2, -0.15) is 0 Å². The number of anilines is 1. The van der Waals surface area contributed by atoms with Crippen molar-refractivity contribution in [1.29, 1.82) is 0 Å². The number of pyridine rings is 1. The van der Waals surface area contributed by atoms with E-state index in [1.165, 1.54) is 41.6 Å². The van der Waals surface area contributed by atoms with Gasteiger partial charge >= 0.3 is 0 Å². The Morgan fingerprint density at radius 3 is 2.71 bits per heavy atom. The highest BCUT2D eigenvalue weighted by Crippen LogP contribution is 2.15. The molecule has 0 radical (unpaired) electrons. The first-order chi connectivity index (χ1) is 10.2. The lowest BCUT2D eigenvalue weighted by Crippen LogP contribution is -2.14. The lowest BCUT2D eigenvalue weighted by Gasteiger charge is -2.07. The van der Waals surface area contributed by atoms with E-state index in [1.807, 2.05) is 0 Å². The average Bonchev–Trinajstić information content (AvgIpc) is 3.03. The number of carbonyl (C=O) groups is 1. The molecule has 2 aromatic heterocycles. The van der Waals surface area contributed by atoms with E-state index in [9.17, 15) is 9.18 Å². The minimum atomic E-state index is -0.626. The van der Waals surface area contributed by atoms with Crippen LogP contribution in [0.25, 0.3) is 5.69 Å². The van der Waals surface area contributed by atoms with Crippen molar-refractivity contribution in [3.8, 4) is 5.69 Å². The Morgan fingerprint density at radius 2 is 2.00 bits per heavy atom. The lowest BCUT2D eigenvalue weighted by atomic mass is 10.1. The molecule has 21 heavy (non-hydrogen) atoms. The van der Waals surface area contributed by atoms with E-state index in [0.29, 0.717) is 11.4 Å². The quantitative estimate of drug-likeness (QED) is 0.786. The fraction of sp³-hybridized carbons (Fsp3) is 0. The van der Waals surface area contributed by atoms with Crippen LogP contribution in [0.5, 0.6) is 0 Å². The molecule has 0 fully saturated rings. The molecule has 0 aliphatic carbocycles. The summed E-state index contributed by atoms with van der Waals surface area (Å²) in [4.78, 5) is 16.0. The van der Waals surface area contributed by atoms with Crippen LogP contribution >= 0.6 is 0 Å². The number of rotatable bonds is 3. The van der Waals surface area contributed by atoms with Gasteiger partial charge in [-0.1, -0.05) is 0 Å². The maximum absolute atomic E-state index is 13.8. The molecule has 1 aromatic carbocycles. The van der Waals surface area contributed by atoms with E-state index in [4.69, 9.17) is 0 Å². The second-order valence-corrected chi connectivity index (χ2v) is 4.11. The van der Waals surface area contributed by atoms with Gasteiger partial charge in [0.05, 0.1) is 11.3 Å². The Morgan fingerprint density at radius 1 is 1.19 bits per heavy atom. The van der Waals surface area contributed by atoms with Crippen molar-refractivity contribution in [2.45, 2.75) is 0 Å². The normalized spacial score (nSPS) is 10.3. The summed E-state index contributed by atoms with van der Waals surface area (Å²) in [5, 5.41) is 13.3. The first-order valence-electron chi connectivity index (χ1n) is 5.98. The molecule has 0 bridgehead atoms. The molecule has 0 spiro atoms. The molecule has 0 aliphatic heterocycles. The van der Waals surface area contributed by atoms with E-state index < -0.39 is 11.7 Å². The monoisotopic (exact) mass is 284 g/mol. The fourth-order valence-corrected chi connectivity index (χ4v) is 1.74. The van der Waals surface area contributed by atoms with Crippen molar-refractivity contribution in [2.24, 2.45) is 0 Å². The van der Waals surface area contributed by atoms with Crippen LogP contribution < -0.4 is 5.32 Å². The van der Waals surface area contributed by atoms with Gasteiger partial charge in [0.1, 0.15) is 12.1 Å². The molecule has 1 amide bonds. The molecule has 104 valence electrons. The minimum absolute atomic E-state index is 0.0974. The van der Waals surface area contributed by atoms with E-state index in [1.54, 1.807) is 12.1 Å². The smallest absolute Gasteiger partial charge is 0.258 e. The summed E-state index contributed by atoms with van der Waals surface area (Å²) in [7, 11) is 0. The maximum atomic E-state index is 13.8. The van der Waals surface area contributed by atoms with Crippen LogP contribution in [0, 0.1) is 5.82 Å². The summed E-state index contributed by atoms with van der Waals surface area (Å²) < 4.78 is 15.2. The number of nitrogens with one attached hydrogen (secondary N) is 1. The SMILES string of the molecule is O=C(Nc1ccncc1)c1cc(-n2cnnn2)ccc1F. The van der Waals surface area contributed by atoms with Gasteiger partial charge in [-0.25, -0.2) is 9.07 Å². The molecule has 0 unspecified atom stereocenters.